The molecule has 1 nitrogen and oxygen atoms in total. The van der Waals surface area contributed by atoms with Crippen LogP contribution in [0.5, 0.6) is 0 Å². The van der Waals surface area contributed by atoms with Crippen LogP contribution in [0.15, 0.2) is 5.38 Å². The first-order valence-corrected chi connectivity index (χ1v) is 4.14. The van der Waals surface area contributed by atoms with Crippen LogP contribution >= 0.6 is 11.3 Å². The Bertz CT molecular complexity index is 267. The first kappa shape index (κ1) is 7.30. The molecular weight excluding hydrogens is 142 g/mol. The van der Waals surface area contributed by atoms with Gasteiger partial charge >= 0.3 is 0 Å². The van der Waals surface area contributed by atoms with Crippen LogP contribution in [0.2, 0.25) is 0 Å². The molecular formula is C8H9NS. The van der Waals surface area contributed by atoms with Gasteiger partial charge in [0, 0.05) is 4.88 Å². The van der Waals surface area contributed by atoms with Crippen LogP contribution in [0.3, 0.4) is 0 Å². The van der Waals surface area contributed by atoms with Crippen LogP contribution < -0.4 is 0 Å². The summed E-state index contributed by atoms with van der Waals surface area (Å²) in [5, 5.41) is 10.7. The van der Waals surface area contributed by atoms with Gasteiger partial charge in [-0.1, -0.05) is 6.92 Å². The lowest BCUT2D eigenvalue weighted by Crippen LogP contribution is -1.80. The van der Waals surface area contributed by atoms with Crippen LogP contribution in [0.25, 0.3) is 0 Å². The van der Waals surface area contributed by atoms with E-state index in [0.29, 0.717) is 0 Å². The minimum Gasteiger partial charge on any atom is -0.192 e. The van der Waals surface area contributed by atoms with Crippen molar-refractivity contribution in [3.05, 3.63) is 21.4 Å². The molecule has 1 rings (SSSR count). The Morgan fingerprint density at radius 2 is 2.40 bits per heavy atom. The lowest BCUT2D eigenvalue weighted by Gasteiger charge is -1.88. The second-order valence-electron chi connectivity index (χ2n) is 2.16. The van der Waals surface area contributed by atoms with Gasteiger partial charge in [0.05, 0.1) is 5.56 Å². The molecule has 2 heteroatoms. The first-order valence-electron chi connectivity index (χ1n) is 3.26. The molecule has 1 aromatic rings. The number of nitrogens with zero attached hydrogens (tertiary/aromatic N) is 1. The molecule has 0 N–H and O–H groups in total. The Hall–Kier alpha value is -0.810. The van der Waals surface area contributed by atoms with Gasteiger partial charge in [0.25, 0.3) is 0 Å². The fourth-order valence-electron chi connectivity index (χ4n) is 0.914. The molecule has 52 valence electrons. The third-order valence-electron chi connectivity index (χ3n) is 1.54. The summed E-state index contributed by atoms with van der Waals surface area (Å²) in [6.45, 7) is 4.06. The van der Waals surface area contributed by atoms with Gasteiger partial charge in [-0.15, -0.1) is 11.3 Å². The van der Waals surface area contributed by atoms with Crippen molar-refractivity contribution in [2.24, 2.45) is 0 Å². The normalized spacial score (nSPS) is 9.30. The van der Waals surface area contributed by atoms with E-state index in [0.717, 1.165) is 16.9 Å². The minimum absolute atomic E-state index is 0.882. The number of aryl methyl sites for hydroxylation is 2. The number of thiophene rings is 1. The average molecular weight is 151 g/mol. The monoisotopic (exact) mass is 151 g/mol. The van der Waals surface area contributed by atoms with Gasteiger partial charge in [-0.25, -0.2) is 0 Å². The third-order valence-corrected chi connectivity index (χ3v) is 2.50. The van der Waals surface area contributed by atoms with Crippen molar-refractivity contribution < 1.29 is 0 Å². The lowest BCUT2D eigenvalue weighted by molar-refractivity contribution is 1.14. The molecule has 0 bridgehead atoms. The first-order chi connectivity index (χ1) is 4.79. The Balaban J connectivity index is 3.17. The van der Waals surface area contributed by atoms with E-state index in [9.17, 15) is 0 Å². The Kier molecular flexibility index (Phi) is 2.08. The highest BCUT2D eigenvalue weighted by atomic mass is 32.1. The van der Waals surface area contributed by atoms with E-state index in [1.807, 2.05) is 6.92 Å². The van der Waals surface area contributed by atoms with Gasteiger partial charge in [-0.2, -0.15) is 5.26 Å². The molecule has 0 aliphatic heterocycles. The van der Waals surface area contributed by atoms with E-state index in [-0.39, 0.29) is 0 Å². The van der Waals surface area contributed by atoms with E-state index < -0.39 is 0 Å². The van der Waals surface area contributed by atoms with E-state index in [1.54, 1.807) is 11.3 Å². The van der Waals surface area contributed by atoms with Crippen molar-refractivity contribution >= 4 is 11.3 Å². The molecule has 1 aromatic heterocycles. The molecule has 1 heterocycles. The standard InChI is InChI=1S/C8H9NS/c1-3-7-5-10-6(2)8(7)4-9/h5H,3H2,1-2H3. The van der Waals surface area contributed by atoms with Crippen LogP contribution in [-0.4, -0.2) is 0 Å². The SMILES string of the molecule is CCc1csc(C)c1C#N. The Morgan fingerprint density at radius 3 is 2.80 bits per heavy atom. The largest absolute Gasteiger partial charge is 0.192 e. The highest BCUT2D eigenvalue weighted by Gasteiger charge is 2.04. The molecule has 10 heavy (non-hydrogen) atoms. The third kappa shape index (κ3) is 1.05. The maximum atomic E-state index is 8.68. The maximum absolute atomic E-state index is 8.68. The number of hydrogen-bond donors (Lipinski definition) is 0. The molecule has 0 atom stereocenters. The Labute approximate surface area is 64.9 Å². The van der Waals surface area contributed by atoms with Crippen molar-refractivity contribution in [3.8, 4) is 6.07 Å². The van der Waals surface area contributed by atoms with Crippen LogP contribution in [0.1, 0.15) is 22.9 Å². The predicted molar refractivity (Wildman–Crippen MR) is 43.1 cm³/mol. The summed E-state index contributed by atoms with van der Waals surface area (Å²) in [6.07, 6.45) is 0.966. The minimum atomic E-state index is 0.882. The van der Waals surface area contributed by atoms with Crippen LogP contribution in [-0.2, 0) is 6.42 Å². The van der Waals surface area contributed by atoms with Gasteiger partial charge in [0.2, 0.25) is 0 Å². The molecule has 0 spiro atoms. The molecule has 0 radical (unpaired) electrons. The fraction of sp³-hybridized carbons (Fsp3) is 0.375. The van der Waals surface area contributed by atoms with Gasteiger partial charge < -0.3 is 0 Å². The molecule has 0 aliphatic rings. The van der Waals surface area contributed by atoms with Crippen molar-refractivity contribution in [1.82, 2.24) is 0 Å². The molecule has 0 aromatic carbocycles. The summed E-state index contributed by atoms with van der Waals surface area (Å²) in [4.78, 5) is 1.14. The van der Waals surface area contributed by atoms with E-state index >= 15 is 0 Å². The van der Waals surface area contributed by atoms with Crippen molar-refractivity contribution in [2.75, 3.05) is 0 Å². The highest BCUT2D eigenvalue weighted by Crippen LogP contribution is 2.20. The zero-order chi connectivity index (χ0) is 7.56. The van der Waals surface area contributed by atoms with Gasteiger partial charge in [0.1, 0.15) is 6.07 Å². The highest BCUT2D eigenvalue weighted by molar-refractivity contribution is 7.10. The quantitative estimate of drug-likeness (QED) is 0.605. The molecule has 0 aliphatic carbocycles. The second kappa shape index (κ2) is 2.85. The van der Waals surface area contributed by atoms with Crippen molar-refractivity contribution in [1.29, 1.82) is 5.26 Å². The second-order valence-corrected chi connectivity index (χ2v) is 3.24. The topological polar surface area (TPSA) is 23.8 Å². The summed E-state index contributed by atoms with van der Waals surface area (Å²) in [5.41, 5.74) is 2.07. The summed E-state index contributed by atoms with van der Waals surface area (Å²) >= 11 is 1.66. The fourth-order valence-corrected chi connectivity index (χ4v) is 1.81. The van der Waals surface area contributed by atoms with Crippen molar-refractivity contribution in [2.45, 2.75) is 20.3 Å². The number of rotatable bonds is 1. The molecule has 0 unspecified atom stereocenters. The Morgan fingerprint density at radius 1 is 1.70 bits per heavy atom. The van der Waals surface area contributed by atoms with E-state index in [1.165, 1.54) is 5.56 Å². The summed E-state index contributed by atoms with van der Waals surface area (Å²) in [5.74, 6) is 0. The maximum Gasteiger partial charge on any atom is 0.101 e. The van der Waals surface area contributed by atoms with E-state index in [2.05, 4.69) is 18.4 Å². The molecule has 0 amide bonds. The van der Waals surface area contributed by atoms with Gasteiger partial charge in [-0.3, -0.25) is 0 Å². The summed E-state index contributed by atoms with van der Waals surface area (Å²) < 4.78 is 0. The lowest BCUT2D eigenvalue weighted by atomic mass is 10.1. The smallest absolute Gasteiger partial charge is 0.101 e. The van der Waals surface area contributed by atoms with Crippen LogP contribution in [0.4, 0.5) is 0 Å². The zero-order valence-corrected chi connectivity index (χ0v) is 6.96. The van der Waals surface area contributed by atoms with Crippen molar-refractivity contribution in [3.63, 3.8) is 0 Å². The summed E-state index contributed by atoms with van der Waals surface area (Å²) in [6, 6.07) is 2.21. The van der Waals surface area contributed by atoms with Crippen LogP contribution in [0, 0.1) is 18.3 Å². The van der Waals surface area contributed by atoms with Gasteiger partial charge in [0.15, 0.2) is 0 Å². The molecule has 0 saturated heterocycles. The van der Waals surface area contributed by atoms with Gasteiger partial charge in [-0.05, 0) is 24.3 Å². The molecule has 0 saturated carbocycles. The number of nitriles is 1. The zero-order valence-electron chi connectivity index (χ0n) is 6.14. The number of hydrogen-bond acceptors (Lipinski definition) is 2. The average Bonchev–Trinajstić information content (AvgIpc) is 2.30. The molecule has 0 fully saturated rings. The van der Waals surface area contributed by atoms with E-state index in [4.69, 9.17) is 5.26 Å². The predicted octanol–water partition coefficient (Wildman–Crippen LogP) is 2.49. The summed E-state index contributed by atoms with van der Waals surface area (Å²) in [7, 11) is 0.